The van der Waals surface area contributed by atoms with E-state index in [2.05, 4.69) is 41.3 Å². The highest BCUT2D eigenvalue weighted by atomic mass is 19.3. The van der Waals surface area contributed by atoms with E-state index in [9.17, 15) is 8.78 Å². The maximum absolute atomic E-state index is 12.3. The Hall–Kier alpha value is -1.89. The number of hydrogen-bond donors (Lipinski definition) is 2. The monoisotopic (exact) mass is 398 g/mol. The highest BCUT2D eigenvalue weighted by molar-refractivity contribution is 5.80. The summed E-state index contributed by atoms with van der Waals surface area (Å²) in [6, 6.07) is 7.45. The quantitative estimate of drug-likeness (QED) is 0.391. The Kier molecular flexibility index (Phi) is 12.2. The number of nitrogens with one attached hydrogen (secondary N) is 2. The molecule has 0 aliphatic heterocycles. The zero-order valence-corrected chi connectivity index (χ0v) is 17.7. The third-order valence-corrected chi connectivity index (χ3v) is 4.43. The molecule has 0 radical (unpaired) electrons. The van der Waals surface area contributed by atoms with Crippen molar-refractivity contribution in [3.63, 3.8) is 0 Å². The van der Waals surface area contributed by atoms with Gasteiger partial charge in [0.2, 0.25) is 0 Å². The molecule has 1 rings (SSSR count). The average molecular weight is 399 g/mol. The zero-order valence-electron chi connectivity index (χ0n) is 17.7. The summed E-state index contributed by atoms with van der Waals surface area (Å²) in [4.78, 5) is 7.04. The highest BCUT2D eigenvalue weighted by Crippen LogP contribution is 2.15. The van der Waals surface area contributed by atoms with E-state index in [1.165, 1.54) is 0 Å². The lowest BCUT2D eigenvalue weighted by molar-refractivity contribution is 0.0818. The Bertz CT molecular complexity index is 565. The Balaban J connectivity index is 2.55. The fourth-order valence-corrected chi connectivity index (χ4v) is 2.85. The van der Waals surface area contributed by atoms with Crippen LogP contribution in [0.4, 0.5) is 8.78 Å². The number of nitrogens with zero attached hydrogens (tertiary/aromatic N) is 2. The van der Waals surface area contributed by atoms with Crippen molar-refractivity contribution in [1.29, 1.82) is 0 Å². The Labute approximate surface area is 168 Å². The molecule has 0 heterocycles. The minimum atomic E-state index is -2.48. The minimum absolute atomic E-state index is 0.314. The van der Waals surface area contributed by atoms with Gasteiger partial charge >= 0.3 is 0 Å². The summed E-state index contributed by atoms with van der Waals surface area (Å²) < 4.78 is 29.7. The van der Waals surface area contributed by atoms with Crippen molar-refractivity contribution in [3.8, 4) is 5.75 Å². The van der Waals surface area contributed by atoms with Crippen molar-refractivity contribution >= 4 is 5.96 Å². The second kappa shape index (κ2) is 14.2. The maximum Gasteiger partial charge on any atom is 0.272 e. The molecule has 7 heteroatoms. The van der Waals surface area contributed by atoms with E-state index >= 15 is 0 Å². The predicted octanol–water partition coefficient (Wildman–Crippen LogP) is 3.90. The third kappa shape index (κ3) is 10.4. The minimum Gasteiger partial charge on any atom is -0.488 e. The molecule has 160 valence electrons. The van der Waals surface area contributed by atoms with Crippen molar-refractivity contribution in [2.75, 3.05) is 32.8 Å². The van der Waals surface area contributed by atoms with Crippen LogP contribution in [0.5, 0.6) is 5.75 Å². The first kappa shape index (κ1) is 24.1. The molecule has 28 heavy (non-hydrogen) atoms. The molecule has 0 amide bonds. The number of benzene rings is 1. The second-order valence-electron chi connectivity index (χ2n) is 6.76. The highest BCUT2D eigenvalue weighted by Gasteiger charge is 2.07. The summed E-state index contributed by atoms with van der Waals surface area (Å²) in [6.07, 6.45) is -0.272. The summed E-state index contributed by atoms with van der Waals surface area (Å²) in [5, 5.41) is 6.70. The van der Waals surface area contributed by atoms with Crippen LogP contribution in [0.2, 0.25) is 0 Å². The van der Waals surface area contributed by atoms with Gasteiger partial charge < -0.3 is 20.3 Å². The lowest BCUT2D eigenvalue weighted by Gasteiger charge is -2.21. The van der Waals surface area contributed by atoms with Crippen LogP contribution in [-0.4, -0.2) is 56.1 Å². The molecule has 5 nitrogen and oxygen atoms in total. The van der Waals surface area contributed by atoms with Crippen LogP contribution in [-0.2, 0) is 6.54 Å². The van der Waals surface area contributed by atoms with Crippen LogP contribution in [0, 0.1) is 0 Å². The first-order chi connectivity index (χ1) is 13.5. The number of halogens is 2. The molecule has 0 aromatic heterocycles. The number of ether oxygens (including phenoxy) is 1. The fourth-order valence-electron chi connectivity index (χ4n) is 2.85. The van der Waals surface area contributed by atoms with Gasteiger partial charge in [0.05, 0.1) is 6.54 Å². The molecule has 0 fully saturated rings. The first-order valence-electron chi connectivity index (χ1n) is 10.3. The summed E-state index contributed by atoms with van der Waals surface area (Å²) in [5.74, 6) is 1.20. The van der Waals surface area contributed by atoms with E-state index in [-0.39, 0.29) is 0 Å². The zero-order chi connectivity index (χ0) is 20.8. The van der Waals surface area contributed by atoms with Crippen LogP contribution in [0.1, 0.15) is 46.1 Å². The van der Waals surface area contributed by atoms with E-state index < -0.39 is 13.0 Å². The van der Waals surface area contributed by atoms with Crippen molar-refractivity contribution in [3.05, 3.63) is 29.8 Å². The molecule has 1 aromatic rings. The Morgan fingerprint density at radius 3 is 2.61 bits per heavy atom. The van der Waals surface area contributed by atoms with E-state index in [1.807, 2.05) is 13.0 Å². The molecule has 0 bridgehead atoms. The van der Waals surface area contributed by atoms with Gasteiger partial charge in [-0.15, -0.1) is 0 Å². The van der Waals surface area contributed by atoms with Gasteiger partial charge in [0.15, 0.2) is 5.96 Å². The molecular weight excluding hydrogens is 362 g/mol. The lowest BCUT2D eigenvalue weighted by Crippen LogP contribution is -2.42. The Morgan fingerprint density at radius 1 is 1.21 bits per heavy atom. The van der Waals surface area contributed by atoms with Crippen molar-refractivity contribution in [2.24, 2.45) is 4.99 Å². The number of hydrogen-bond acceptors (Lipinski definition) is 3. The van der Waals surface area contributed by atoms with Crippen LogP contribution < -0.4 is 15.4 Å². The molecule has 0 aliphatic rings. The molecule has 1 atom stereocenters. The third-order valence-electron chi connectivity index (χ3n) is 4.43. The lowest BCUT2D eigenvalue weighted by atomic mass is 10.2. The molecule has 0 saturated carbocycles. The summed E-state index contributed by atoms with van der Waals surface area (Å²) in [6.45, 7) is 12.5. The smallest absolute Gasteiger partial charge is 0.272 e. The average Bonchev–Trinajstić information content (AvgIpc) is 2.68. The molecular formula is C21H36F2N4O. The molecule has 1 aromatic carbocycles. The van der Waals surface area contributed by atoms with E-state index in [1.54, 1.807) is 18.2 Å². The van der Waals surface area contributed by atoms with Gasteiger partial charge in [-0.05, 0) is 64.0 Å². The van der Waals surface area contributed by atoms with Crippen LogP contribution in [0.25, 0.3) is 0 Å². The van der Waals surface area contributed by atoms with E-state index in [0.717, 1.165) is 50.5 Å². The van der Waals surface area contributed by atoms with E-state index in [0.29, 0.717) is 18.3 Å². The molecule has 1 unspecified atom stereocenters. The summed E-state index contributed by atoms with van der Waals surface area (Å²) >= 11 is 0. The SMILES string of the molecule is CCNC(=NCc1cccc(OCC(F)F)c1)NC(C)CCCN(CC)CC. The number of guanidine groups is 1. The van der Waals surface area contributed by atoms with E-state index in [4.69, 9.17) is 4.74 Å². The fraction of sp³-hybridized carbons (Fsp3) is 0.667. The Morgan fingerprint density at radius 2 is 1.96 bits per heavy atom. The van der Waals surface area contributed by atoms with Gasteiger partial charge in [-0.3, -0.25) is 0 Å². The summed E-state index contributed by atoms with van der Waals surface area (Å²) in [5.41, 5.74) is 0.915. The van der Waals surface area contributed by atoms with Crippen LogP contribution in [0.3, 0.4) is 0 Å². The van der Waals surface area contributed by atoms with Crippen molar-refractivity contribution in [2.45, 2.75) is 59.5 Å². The van der Waals surface area contributed by atoms with Crippen molar-refractivity contribution in [1.82, 2.24) is 15.5 Å². The molecule has 0 spiro atoms. The molecule has 0 aliphatic carbocycles. The standard InChI is InChI=1S/C21H36F2N4O/c1-5-24-21(26-17(4)10-9-13-27(6-2)7-3)25-15-18-11-8-12-19(14-18)28-16-20(22)23/h8,11-12,14,17,20H,5-7,9-10,13,15-16H2,1-4H3,(H2,24,25,26). The van der Waals surface area contributed by atoms with Crippen LogP contribution in [0.15, 0.2) is 29.3 Å². The van der Waals surface area contributed by atoms with Gasteiger partial charge in [-0.25, -0.2) is 13.8 Å². The number of aliphatic imine (C=N–C) groups is 1. The van der Waals surface area contributed by atoms with Gasteiger partial charge in [-0.1, -0.05) is 26.0 Å². The molecule has 2 N–H and O–H groups in total. The number of alkyl halides is 2. The second-order valence-corrected chi connectivity index (χ2v) is 6.76. The van der Waals surface area contributed by atoms with Crippen LogP contribution >= 0.6 is 0 Å². The number of rotatable bonds is 13. The van der Waals surface area contributed by atoms with Gasteiger partial charge in [-0.2, -0.15) is 0 Å². The van der Waals surface area contributed by atoms with Crippen molar-refractivity contribution < 1.29 is 13.5 Å². The van der Waals surface area contributed by atoms with Gasteiger partial charge in [0, 0.05) is 12.6 Å². The topological polar surface area (TPSA) is 48.9 Å². The summed E-state index contributed by atoms with van der Waals surface area (Å²) in [7, 11) is 0. The van der Waals surface area contributed by atoms with Gasteiger partial charge in [0.1, 0.15) is 12.4 Å². The maximum atomic E-state index is 12.3. The van der Waals surface area contributed by atoms with Gasteiger partial charge in [0.25, 0.3) is 6.43 Å². The largest absolute Gasteiger partial charge is 0.488 e. The first-order valence-corrected chi connectivity index (χ1v) is 10.3. The normalized spacial score (nSPS) is 13.1. The predicted molar refractivity (Wildman–Crippen MR) is 112 cm³/mol. The molecule has 0 saturated heterocycles.